The molecule has 1 saturated heterocycles. The Bertz CT molecular complexity index is 1210. The molecule has 3 aliphatic rings. The van der Waals surface area contributed by atoms with E-state index in [9.17, 15) is 19.3 Å². The number of anilines is 1. The predicted molar refractivity (Wildman–Crippen MR) is 159 cm³/mol. The quantitative estimate of drug-likeness (QED) is 0.285. The van der Waals surface area contributed by atoms with E-state index in [1.54, 1.807) is 0 Å². The smallest absolute Gasteiger partial charge is 0.348 e. The zero-order chi connectivity index (χ0) is 29.0. The van der Waals surface area contributed by atoms with E-state index in [0.29, 0.717) is 63.7 Å². The molecule has 1 N–H and O–H groups in total. The number of hydrogen-bond acceptors (Lipinski definition) is 7. The average molecular weight is 602 g/mol. The molecule has 1 spiro atoms. The number of ether oxygens (including phenoxy) is 3. The van der Waals surface area contributed by atoms with Crippen molar-refractivity contribution in [3.63, 3.8) is 0 Å². The molecule has 1 atom stereocenters. The number of carbonyl (C=O) groups excluding carboxylic acids is 1. The lowest BCUT2D eigenvalue weighted by Gasteiger charge is -2.42. The second-order valence-electron chi connectivity index (χ2n) is 11.5. The molecule has 2 aliphatic carbocycles. The van der Waals surface area contributed by atoms with E-state index in [1.165, 1.54) is 11.3 Å². The van der Waals surface area contributed by atoms with E-state index in [4.69, 9.17) is 14.2 Å². The highest BCUT2D eigenvalue weighted by Crippen LogP contribution is 2.44. The topological polar surface area (TPSA) is 102 Å². The van der Waals surface area contributed by atoms with Gasteiger partial charge in [0, 0.05) is 36.3 Å². The SMILES string of the molecule is CCOCC(P=O)c1ccc(-c2cc(N(C(=O)C3CCC(C)CC3)C3CCC4(CC3)OCCO4)c(C(=O)O)s2)cc1. The minimum absolute atomic E-state index is 0.00619. The van der Waals surface area contributed by atoms with E-state index >= 15 is 0 Å². The number of rotatable bonds is 10. The van der Waals surface area contributed by atoms with E-state index in [1.807, 2.05) is 42.2 Å². The van der Waals surface area contributed by atoms with Crippen LogP contribution in [0, 0.1) is 11.8 Å². The summed E-state index contributed by atoms with van der Waals surface area (Å²) in [5, 5.41) is 10.3. The van der Waals surface area contributed by atoms with Crippen LogP contribution in [-0.2, 0) is 23.6 Å². The monoisotopic (exact) mass is 601 g/mol. The Balaban J connectivity index is 1.46. The third-order valence-electron chi connectivity index (χ3n) is 8.85. The fourth-order valence-corrected chi connectivity index (χ4v) is 7.88. The van der Waals surface area contributed by atoms with Gasteiger partial charge in [0.25, 0.3) is 0 Å². The van der Waals surface area contributed by atoms with Crippen molar-refractivity contribution in [3.8, 4) is 10.4 Å². The Morgan fingerprint density at radius 1 is 1.10 bits per heavy atom. The van der Waals surface area contributed by atoms with Gasteiger partial charge in [0.1, 0.15) is 4.88 Å². The van der Waals surface area contributed by atoms with Crippen LogP contribution in [0.2, 0.25) is 0 Å². The van der Waals surface area contributed by atoms with Crippen molar-refractivity contribution in [1.29, 1.82) is 0 Å². The summed E-state index contributed by atoms with van der Waals surface area (Å²) in [5.41, 5.74) is 1.99. The molecular formula is C31H40NO7PS. The standard InChI is InChI=1S/C31H40NO7PS/c1-3-37-19-26(40-36)21-8-10-22(11-9-21)27-18-25(28(41-27)30(34)35)32(29(33)23-6-4-20(2)5-7-23)24-12-14-31(15-13-24)38-16-17-39-31/h8-11,18,20,23-24,26H,3-7,12-17,19H2,1-2H3,(H,34,35). The Morgan fingerprint density at radius 3 is 2.34 bits per heavy atom. The summed E-state index contributed by atoms with van der Waals surface area (Å²) < 4.78 is 29.1. The summed E-state index contributed by atoms with van der Waals surface area (Å²) in [6, 6.07) is 9.45. The molecule has 10 heteroatoms. The summed E-state index contributed by atoms with van der Waals surface area (Å²) in [5.74, 6) is -1.04. The van der Waals surface area contributed by atoms with Crippen LogP contribution in [0.5, 0.6) is 0 Å². The number of carboxylic acids is 1. The Hall–Kier alpha value is -2.16. The first kappa shape index (κ1) is 30.3. The molecule has 3 fully saturated rings. The first-order valence-corrected chi connectivity index (χ1v) is 16.5. The summed E-state index contributed by atoms with van der Waals surface area (Å²) in [7, 11) is -0.00619. The van der Waals surface area contributed by atoms with Gasteiger partial charge in [-0.05, 0) is 68.6 Å². The molecule has 1 amide bonds. The van der Waals surface area contributed by atoms with Gasteiger partial charge >= 0.3 is 5.97 Å². The lowest BCUT2D eigenvalue weighted by atomic mass is 9.81. The van der Waals surface area contributed by atoms with Crippen LogP contribution in [0.15, 0.2) is 30.3 Å². The molecule has 2 heterocycles. The number of hydrogen-bond donors (Lipinski definition) is 1. The van der Waals surface area contributed by atoms with E-state index < -0.39 is 11.8 Å². The van der Waals surface area contributed by atoms with Crippen LogP contribution in [-0.4, -0.2) is 55.2 Å². The predicted octanol–water partition coefficient (Wildman–Crippen LogP) is 7.33. The second kappa shape index (κ2) is 13.4. The summed E-state index contributed by atoms with van der Waals surface area (Å²) in [6.45, 7) is 6.23. The van der Waals surface area contributed by atoms with Crippen LogP contribution in [0.4, 0.5) is 5.69 Å². The zero-order valence-electron chi connectivity index (χ0n) is 23.9. The van der Waals surface area contributed by atoms with E-state index in [-0.39, 0.29) is 36.9 Å². The molecule has 1 aromatic carbocycles. The molecular weight excluding hydrogens is 561 g/mol. The van der Waals surface area contributed by atoms with Gasteiger partial charge in [0.2, 0.25) is 5.91 Å². The van der Waals surface area contributed by atoms with Gasteiger partial charge in [-0.25, -0.2) is 4.79 Å². The maximum Gasteiger partial charge on any atom is 0.348 e. The largest absolute Gasteiger partial charge is 0.477 e. The molecule has 0 radical (unpaired) electrons. The van der Waals surface area contributed by atoms with Crippen LogP contribution < -0.4 is 4.90 Å². The first-order chi connectivity index (χ1) is 19.8. The van der Waals surface area contributed by atoms with Gasteiger partial charge in [0.05, 0.1) is 31.2 Å². The average Bonchev–Trinajstić information content (AvgIpc) is 3.63. The van der Waals surface area contributed by atoms with Gasteiger partial charge in [-0.2, -0.15) is 0 Å². The number of carboxylic acid groups (broad SMARTS) is 1. The van der Waals surface area contributed by atoms with Crippen LogP contribution in [0.1, 0.15) is 86.1 Å². The Labute approximate surface area is 247 Å². The van der Waals surface area contributed by atoms with E-state index in [2.05, 4.69) is 6.92 Å². The van der Waals surface area contributed by atoms with Gasteiger partial charge in [-0.1, -0.05) is 31.2 Å². The number of amides is 1. The van der Waals surface area contributed by atoms with Crippen molar-refractivity contribution in [2.24, 2.45) is 11.8 Å². The maximum absolute atomic E-state index is 14.2. The van der Waals surface area contributed by atoms with Crippen molar-refractivity contribution in [2.75, 3.05) is 31.3 Å². The van der Waals surface area contributed by atoms with Crippen molar-refractivity contribution in [1.82, 2.24) is 0 Å². The van der Waals surface area contributed by atoms with E-state index in [0.717, 1.165) is 41.7 Å². The Morgan fingerprint density at radius 2 is 1.76 bits per heavy atom. The van der Waals surface area contributed by atoms with Gasteiger partial charge in [-0.3, -0.25) is 9.36 Å². The lowest BCUT2D eigenvalue weighted by molar-refractivity contribution is -0.179. The highest BCUT2D eigenvalue weighted by molar-refractivity contribution is 7.24. The van der Waals surface area contributed by atoms with Gasteiger partial charge in [-0.15, -0.1) is 11.3 Å². The fourth-order valence-electron chi connectivity index (χ4n) is 6.43. The third-order valence-corrected chi connectivity index (χ3v) is 10.7. The summed E-state index contributed by atoms with van der Waals surface area (Å²) >= 11 is 1.20. The molecule has 0 bridgehead atoms. The molecule has 222 valence electrons. The number of benzene rings is 1. The van der Waals surface area contributed by atoms with Crippen molar-refractivity contribution in [2.45, 2.75) is 82.7 Å². The van der Waals surface area contributed by atoms with Crippen molar-refractivity contribution < 1.29 is 33.5 Å². The fraction of sp³-hybridized carbons (Fsp3) is 0.613. The van der Waals surface area contributed by atoms with Crippen LogP contribution >= 0.6 is 19.8 Å². The molecule has 41 heavy (non-hydrogen) atoms. The van der Waals surface area contributed by atoms with Crippen LogP contribution in [0.3, 0.4) is 0 Å². The highest BCUT2D eigenvalue weighted by atomic mass is 32.1. The zero-order valence-corrected chi connectivity index (χ0v) is 25.6. The summed E-state index contributed by atoms with van der Waals surface area (Å²) in [6.07, 6.45) is 6.47. The number of carbonyl (C=O) groups is 2. The maximum atomic E-state index is 14.2. The molecule has 8 nitrogen and oxygen atoms in total. The lowest BCUT2D eigenvalue weighted by Crippen LogP contribution is -2.49. The van der Waals surface area contributed by atoms with Crippen molar-refractivity contribution in [3.05, 3.63) is 40.8 Å². The van der Waals surface area contributed by atoms with Crippen molar-refractivity contribution >= 4 is 37.4 Å². The number of aromatic carboxylic acids is 1. The number of thiophene rings is 1. The normalized spacial score (nSPS) is 23.6. The Kier molecular flexibility index (Phi) is 9.93. The molecule has 2 aromatic rings. The van der Waals surface area contributed by atoms with Gasteiger partial charge < -0.3 is 24.2 Å². The first-order valence-electron chi connectivity index (χ1n) is 14.8. The second-order valence-corrected chi connectivity index (χ2v) is 13.4. The molecule has 5 rings (SSSR count). The molecule has 1 aliphatic heterocycles. The van der Waals surface area contributed by atoms with Gasteiger partial charge in [0.15, 0.2) is 14.2 Å². The molecule has 1 unspecified atom stereocenters. The summed E-state index contributed by atoms with van der Waals surface area (Å²) in [4.78, 5) is 29.6. The number of nitrogens with zero attached hydrogens (tertiary/aromatic N) is 1. The minimum Gasteiger partial charge on any atom is -0.477 e. The van der Waals surface area contributed by atoms with Crippen LogP contribution in [0.25, 0.3) is 10.4 Å². The third kappa shape index (κ3) is 6.75. The highest BCUT2D eigenvalue weighted by Gasteiger charge is 2.44. The molecule has 2 saturated carbocycles. The molecule has 1 aromatic heterocycles. The minimum atomic E-state index is -1.03.